The van der Waals surface area contributed by atoms with E-state index in [-0.39, 0.29) is 23.4 Å². The quantitative estimate of drug-likeness (QED) is 0.237. The number of halogens is 2. The number of carboxylic acid groups (broad SMARTS) is 1. The fraction of sp³-hybridized carbons (Fsp3) is 0.526. The van der Waals surface area contributed by atoms with Gasteiger partial charge in [-0.3, -0.25) is 19.2 Å². The van der Waals surface area contributed by atoms with E-state index in [1.54, 1.807) is 52.0 Å². The summed E-state index contributed by atoms with van der Waals surface area (Å²) in [5.41, 5.74) is 5.05. The van der Waals surface area contributed by atoms with Gasteiger partial charge in [-0.15, -0.1) is 0 Å². The number of ketones is 2. The second-order valence-corrected chi connectivity index (χ2v) is 14.5. The van der Waals surface area contributed by atoms with Gasteiger partial charge in [0.15, 0.2) is 11.6 Å². The van der Waals surface area contributed by atoms with Crippen LogP contribution in [0, 0.1) is 0 Å². The van der Waals surface area contributed by atoms with Crippen LogP contribution in [0.2, 0.25) is 10.0 Å². The largest absolute Gasteiger partial charge is 0.480 e. The number of carbonyl (C=O) groups is 6. The van der Waals surface area contributed by atoms with Crippen molar-refractivity contribution in [2.24, 2.45) is 5.73 Å². The minimum absolute atomic E-state index is 0.0160. The van der Waals surface area contributed by atoms with E-state index in [0.717, 1.165) is 31.2 Å². The maximum absolute atomic E-state index is 12.6. The van der Waals surface area contributed by atoms with E-state index in [1.165, 1.54) is 6.92 Å². The van der Waals surface area contributed by atoms with Crippen molar-refractivity contribution in [2.75, 3.05) is 6.61 Å². The highest BCUT2D eigenvalue weighted by Crippen LogP contribution is 2.38. The maximum atomic E-state index is 12.6. The van der Waals surface area contributed by atoms with E-state index in [0.29, 0.717) is 60.7 Å². The van der Waals surface area contributed by atoms with Crippen LogP contribution in [0.15, 0.2) is 48.5 Å². The van der Waals surface area contributed by atoms with Crippen LogP contribution in [-0.4, -0.2) is 58.9 Å². The van der Waals surface area contributed by atoms with E-state index < -0.39 is 34.8 Å². The maximum Gasteiger partial charge on any atom is 0.408 e. The summed E-state index contributed by atoms with van der Waals surface area (Å²) in [4.78, 5) is 67.1. The first-order chi connectivity index (χ1) is 24.4. The predicted octanol–water partition coefficient (Wildman–Crippen LogP) is 6.76. The molecule has 2 aromatic rings. The molecule has 2 amide bonds. The van der Waals surface area contributed by atoms with Gasteiger partial charge in [-0.25, -0.2) is 9.59 Å². The van der Waals surface area contributed by atoms with E-state index in [9.17, 15) is 28.8 Å². The van der Waals surface area contributed by atoms with Crippen molar-refractivity contribution in [3.8, 4) is 0 Å². The lowest BCUT2D eigenvalue weighted by Crippen LogP contribution is -2.54. The van der Waals surface area contributed by atoms with E-state index in [1.807, 2.05) is 24.3 Å². The number of carbonyl (C=O) groups excluding carboxylic acids is 5. The van der Waals surface area contributed by atoms with Crippen molar-refractivity contribution in [1.29, 1.82) is 0 Å². The summed E-state index contributed by atoms with van der Waals surface area (Å²) in [6.45, 7) is 9.02. The highest BCUT2D eigenvalue weighted by Gasteiger charge is 2.45. The molecule has 0 unspecified atom stereocenters. The number of alkyl carbamates (subject to hydrolysis) is 1. The molecule has 12 nitrogen and oxygen atoms in total. The minimum atomic E-state index is -1.08. The molecule has 286 valence electrons. The zero-order valence-electron chi connectivity index (χ0n) is 30.5. The number of nitrogens with two attached hydrogens (primary N) is 1. The van der Waals surface area contributed by atoms with E-state index in [4.69, 9.17) is 38.8 Å². The molecule has 14 heteroatoms. The summed E-state index contributed by atoms with van der Waals surface area (Å²) in [7, 11) is 0. The average Bonchev–Trinajstić information content (AvgIpc) is 3.51. The second-order valence-electron chi connectivity index (χ2n) is 13.6. The molecule has 0 aromatic heterocycles. The first-order valence-corrected chi connectivity index (χ1v) is 18.1. The number of esters is 1. The van der Waals surface area contributed by atoms with Gasteiger partial charge < -0.3 is 30.9 Å². The third-order valence-corrected chi connectivity index (χ3v) is 9.11. The Bertz CT molecular complexity index is 1580. The van der Waals surface area contributed by atoms with Gasteiger partial charge in [0.25, 0.3) is 0 Å². The molecule has 3 fully saturated rings. The van der Waals surface area contributed by atoms with Crippen LogP contribution in [0.1, 0.15) is 110 Å². The SMILES string of the molecule is CC(C)(C)OC(=O)N[C@@]1(c2ccccc2Cl)CCCCC1=O.CCOC(C)=O.N[C@@]1(c2ccccc2Cl)CCCCC1=O.O=C1CC[C@@H](C(=O)O)N1. The zero-order valence-corrected chi connectivity index (χ0v) is 32.0. The first kappa shape index (κ1) is 44.2. The molecule has 2 saturated carbocycles. The van der Waals surface area contributed by atoms with Gasteiger partial charge >= 0.3 is 18.0 Å². The number of ether oxygens (including phenoxy) is 2. The number of carboxylic acids is 1. The van der Waals surface area contributed by atoms with Gasteiger partial charge in [-0.2, -0.15) is 0 Å². The Labute approximate surface area is 315 Å². The van der Waals surface area contributed by atoms with Crippen molar-refractivity contribution in [3.63, 3.8) is 0 Å². The number of benzene rings is 2. The first-order valence-electron chi connectivity index (χ1n) is 17.4. The van der Waals surface area contributed by atoms with Crippen LogP contribution >= 0.6 is 23.2 Å². The minimum Gasteiger partial charge on any atom is -0.480 e. The predicted molar refractivity (Wildman–Crippen MR) is 198 cm³/mol. The molecule has 0 spiro atoms. The number of rotatable bonds is 5. The van der Waals surface area contributed by atoms with Gasteiger partial charge in [-0.1, -0.05) is 66.0 Å². The van der Waals surface area contributed by atoms with Gasteiger partial charge in [0, 0.05) is 41.8 Å². The molecule has 5 rings (SSSR count). The smallest absolute Gasteiger partial charge is 0.408 e. The van der Waals surface area contributed by atoms with Gasteiger partial charge in [0.2, 0.25) is 5.91 Å². The molecule has 0 bridgehead atoms. The van der Waals surface area contributed by atoms with E-state index >= 15 is 0 Å². The number of Topliss-reactive ketones (excluding diaryl/α,β-unsaturated/α-hetero) is 2. The Morgan fingerprint density at radius 3 is 1.83 bits per heavy atom. The Morgan fingerprint density at radius 2 is 1.42 bits per heavy atom. The fourth-order valence-electron chi connectivity index (χ4n) is 5.96. The molecular formula is C38H51Cl2N3O9. The Kier molecular flexibility index (Phi) is 17.2. The Balaban J connectivity index is 0.000000268. The van der Waals surface area contributed by atoms with Crippen LogP contribution in [0.5, 0.6) is 0 Å². The normalized spacial score (nSPS) is 22.5. The Morgan fingerprint density at radius 1 is 0.885 bits per heavy atom. The number of aliphatic carboxylic acids is 1. The highest BCUT2D eigenvalue weighted by molar-refractivity contribution is 6.32. The molecule has 2 aliphatic carbocycles. The van der Waals surface area contributed by atoms with Crippen molar-refractivity contribution >= 4 is 58.7 Å². The molecular weight excluding hydrogens is 713 g/mol. The lowest BCUT2D eigenvalue weighted by atomic mass is 9.75. The van der Waals surface area contributed by atoms with Gasteiger partial charge in [-0.05, 0) is 83.9 Å². The van der Waals surface area contributed by atoms with Gasteiger partial charge in [0.1, 0.15) is 22.7 Å². The average molecular weight is 765 g/mol. The van der Waals surface area contributed by atoms with Crippen molar-refractivity contribution in [3.05, 3.63) is 69.7 Å². The number of nitrogens with one attached hydrogen (secondary N) is 2. The molecule has 52 heavy (non-hydrogen) atoms. The molecule has 3 aliphatic rings. The molecule has 5 N–H and O–H groups in total. The van der Waals surface area contributed by atoms with Gasteiger partial charge in [0.05, 0.1) is 6.61 Å². The number of hydrogen-bond acceptors (Lipinski definition) is 9. The summed E-state index contributed by atoms with van der Waals surface area (Å²) >= 11 is 12.4. The lowest BCUT2D eigenvalue weighted by molar-refractivity contribution is -0.141. The number of amides is 2. The summed E-state index contributed by atoms with van der Waals surface area (Å²) in [5, 5.41) is 14.5. The zero-order chi connectivity index (χ0) is 39.1. The third-order valence-electron chi connectivity index (χ3n) is 8.45. The molecule has 1 heterocycles. The Hall–Kier alpha value is -4.00. The third kappa shape index (κ3) is 13.2. The fourth-order valence-corrected chi connectivity index (χ4v) is 6.56. The molecule has 1 saturated heterocycles. The lowest BCUT2D eigenvalue weighted by Gasteiger charge is -2.37. The van der Waals surface area contributed by atoms with Crippen LogP contribution in [0.25, 0.3) is 0 Å². The van der Waals surface area contributed by atoms with Crippen molar-refractivity contribution in [1.82, 2.24) is 10.6 Å². The summed E-state index contributed by atoms with van der Waals surface area (Å²) in [6.07, 6.45) is 6.05. The molecule has 1 aliphatic heterocycles. The highest BCUT2D eigenvalue weighted by atomic mass is 35.5. The van der Waals surface area contributed by atoms with Crippen LogP contribution in [0.4, 0.5) is 4.79 Å². The second kappa shape index (κ2) is 20.3. The van der Waals surface area contributed by atoms with E-state index in [2.05, 4.69) is 15.4 Å². The molecule has 0 radical (unpaired) electrons. The summed E-state index contributed by atoms with van der Waals surface area (Å²) < 4.78 is 9.73. The summed E-state index contributed by atoms with van der Waals surface area (Å²) in [5.74, 6) is -1.22. The van der Waals surface area contributed by atoms with Crippen LogP contribution < -0.4 is 16.4 Å². The van der Waals surface area contributed by atoms with Crippen LogP contribution in [0.3, 0.4) is 0 Å². The molecule has 3 atom stereocenters. The molecule has 2 aromatic carbocycles. The standard InChI is InChI=1S/C17H22ClNO3.C12H14ClNO.C5H7NO3.C4H8O2/c1-16(2,3)22-15(21)19-17(11-7-6-10-14(17)20)12-8-4-5-9-13(12)18;13-10-6-2-1-5-9(10)12(14)8-4-3-7-11(12)15;7-4-2-1-3(6-4)5(8)9;1-3-6-4(2)5/h4-5,8-9H,6-7,10-11H2,1-3H3,(H,19,21);1-2,5-6H,3-4,7-8,14H2;3H,1-2H2,(H,6,7)(H,8,9);3H2,1-2H3/t17-;12-;3-;/m110./s1. The summed E-state index contributed by atoms with van der Waals surface area (Å²) in [6, 6.07) is 13.9. The van der Waals surface area contributed by atoms with Crippen molar-refractivity contribution < 1.29 is 43.3 Å². The topological polar surface area (TPSA) is 191 Å². The monoisotopic (exact) mass is 763 g/mol. The van der Waals surface area contributed by atoms with Crippen LogP contribution in [-0.2, 0) is 44.5 Å². The van der Waals surface area contributed by atoms with Crippen molar-refractivity contribution in [2.45, 2.75) is 122 Å². The number of hydrogen-bond donors (Lipinski definition) is 4.